The van der Waals surface area contributed by atoms with E-state index in [0.29, 0.717) is 5.92 Å². The van der Waals surface area contributed by atoms with Gasteiger partial charge in [0, 0.05) is 55.8 Å². The average Bonchev–Trinajstić information content (AvgIpc) is 3.48. The maximum atomic E-state index is 13.0. The third kappa shape index (κ3) is 2.95. The van der Waals surface area contributed by atoms with Crippen molar-refractivity contribution in [2.45, 2.75) is 57.3 Å². The molecule has 3 saturated heterocycles. The van der Waals surface area contributed by atoms with Gasteiger partial charge in [-0.05, 0) is 37.3 Å². The van der Waals surface area contributed by atoms with Crippen molar-refractivity contribution in [3.8, 4) is 5.75 Å². The van der Waals surface area contributed by atoms with Gasteiger partial charge in [0.1, 0.15) is 17.5 Å². The monoisotopic (exact) mass is 440 g/mol. The Morgan fingerprint density at radius 2 is 2.03 bits per heavy atom. The van der Waals surface area contributed by atoms with Crippen LogP contribution >= 0.6 is 0 Å². The van der Waals surface area contributed by atoms with E-state index < -0.39 is 0 Å². The minimum absolute atomic E-state index is 0.00998. The fourth-order valence-corrected chi connectivity index (χ4v) is 7.72. The zero-order chi connectivity index (χ0) is 22.1. The molecule has 0 unspecified atom stereocenters. The number of carbonyl (C=O) groups excluding carboxylic acids is 1. The molecule has 2 saturated carbocycles. The van der Waals surface area contributed by atoms with Gasteiger partial charge >= 0.3 is 5.97 Å². The molecule has 2 aliphatic carbocycles. The van der Waals surface area contributed by atoms with E-state index in [0.717, 1.165) is 44.9 Å². The Morgan fingerprint density at radius 3 is 2.81 bits per heavy atom. The Kier molecular flexibility index (Phi) is 4.78. The van der Waals surface area contributed by atoms with Crippen LogP contribution in [0.3, 0.4) is 0 Å². The smallest absolute Gasteiger partial charge is 0.311 e. The lowest BCUT2D eigenvalue weighted by Gasteiger charge is -2.49. The number of methoxy groups -OCH3 is 1. The molecule has 1 aromatic carbocycles. The standard InChI is InChI=1S/C26H36N2O4/c1-17-6-5-9-25(2)15-21-22(23-26(17,25)32-23)20(24(29)31-21)16-27-10-12-28(13-11-27)18-7-4-8-19(14-18)30-3/h4,7-8,14,17,20-23H,5-6,9-13,15-16H2,1-3H3/t17-,20+,21+,22+,23+,25+,26+/m0/s1. The van der Waals surface area contributed by atoms with Crippen LogP contribution in [0.5, 0.6) is 5.75 Å². The van der Waals surface area contributed by atoms with Gasteiger partial charge in [-0.3, -0.25) is 9.69 Å². The number of nitrogens with zero attached hydrogens (tertiary/aromatic N) is 2. The predicted molar refractivity (Wildman–Crippen MR) is 122 cm³/mol. The summed E-state index contributed by atoms with van der Waals surface area (Å²) >= 11 is 0. The summed E-state index contributed by atoms with van der Waals surface area (Å²) in [5.74, 6) is 1.66. The van der Waals surface area contributed by atoms with E-state index in [1.54, 1.807) is 7.11 Å². The van der Waals surface area contributed by atoms with E-state index in [2.05, 4.69) is 35.8 Å². The first-order valence-corrected chi connectivity index (χ1v) is 12.4. The van der Waals surface area contributed by atoms with E-state index in [1.165, 1.54) is 24.9 Å². The minimum Gasteiger partial charge on any atom is -0.497 e. The molecule has 0 bridgehead atoms. The first-order chi connectivity index (χ1) is 15.4. The maximum absolute atomic E-state index is 13.0. The highest BCUT2D eigenvalue weighted by Crippen LogP contribution is 2.70. The second-order valence-electron chi connectivity index (χ2n) is 11.0. The summed E-state index contributed by atoms with van der Waals surface area (Å²) in [6.45, 7) is 9.39. The first-order valence-electron chi connectivity index (χ1n) is 12.4. The molecule has 1 spiro atoms. The van der Waals surface area contributed by atoms with Gasteiger partial charge in [0.2, 0.25) is 0 Å². The third-order valence-corrected chi connectivity index (χ3v) is 9.44. The molecule has 0 aromatic heterocycles. The molecule has 174 valence electrons. The van der Waals surface area contributed by atoms with Crippen LogP contribution in [-0.2, 0) is 14.3 Å². The molecule has 3 aliphatic heterocycles. The number of rotatable bonds is 4. The Morgan fingerprint density at radius 1 is 1.22 bits per heavy atom. The number of piperazine rings is 1. The predicted octanol–water partition coefficient (Wildman–Crippen LogP) is 3.34. The van der Waals surface area contributed by atoms with Gasteiger partial charge in [0.25, 0.3) is 0 Å². The molecule has 3 heterocycles. The number of epoxide rings is 1. The summed E-state index contributed by atoms with van der Waals surface area (Å²) in [6, 6.07) is 8.27. The number of anilines is 1. The number of hydrogen-bond acceptors (Lipinski definition) is 6. The lowest BCUT2D eigenvalue weighted by Crippen LogP contribution is -2.55. The highest BCUT2D eigenvalue weighted by atomic mass is 16.6. The van der Waals surface area contributed by atoms with Crippen LogP contribution in [0.1, 0.15) is 39.5 Å². The normalized spacial score (nSPS) is 43.2. The van der Waals surface area contributed by atoms with E-state index >= 15 is 0 Å². The van der Waals surface area contributed by atoms with Crippen LogP contribution in [0.15, 0.2) is 24.3 Å². The van der Waals surface area contributed by atoms with Gasteiger partial charge in [-0.1, -0.05) is 26.3 Å². The summed E-state index contributed by atoms with van der Waals surface area (Å²) < 4.78 is 18.0. The molecule has 0 amide bonds. The fraction of sp³-hybridized carbons (Fsp3) is 0.731. The lowest BCUT2D eigenvalue weighted by molar-refractivity contribution is -0.146. The van der Waals surface area contributed by atoms with Gasteiger partial charge in [0.15, 0.2) is 0 Å². The Bertz CT molecular complexity index is 900. The van der Waals surface area contributed by atoms with Gasteiger partial charge in [-0.2, -0.15) is 0 Å². The summed E-state index contributed by atoms with van der Waals surface area (Å²) in [7, 11) is 1.71. The van der Waals surface area contributed by atoms with Crippen molar-refractivity contribution < 1.29 is 19.0 Å². The number of benzene rings is 1. The van der Waals surface area contributed by atoms with Crippen LogP contribution in [0.2, 0.25) is 0 Å². The zero-order valence-electron chi connectivity index (χ0n) is 19.6. The average molecular weight is 441 g/mol. The Hall–Kier alpha value is -1.79. The molecule has 6 rings (SSSR count). The van der Waals surface area contributed by atoms with Crippen molar-refractivity contribution >= 4 is 11.7 Å². The van der Waals surface area contributed by atoms with E-state index in [4.69, 9.17) is 14.2 Å². The molecule has 6 nitrogen and oxygen atoms in total. The molecule has 1 aromatic rings. The maximum Gasteiger partial charge on any atom is 0.311 e. The molecule has 6 heteroatoms. The van der Waals surface area contributed by atoms with Crippen molar-refractivity contribution in [2.24, 2.45) is 23.2 Å². The highest BCUT2D eigenvalue weighted by molar-refractivity contribution is 5.76. The Labute approximate surface area is 191 Å². The van der Waals surface area contributed by atoms with Crippen LogP contribution in [-0.4, -0.2) is 68.5 Å². The second kappa shape index (κ2) is 7.36. The van der Waals surface area contributed by atoms with Crippen molar-refractivity contribution in [3.05, 3.63) is 24.3 Å². The minimum atomic E-state index is -0.0496. The topological polar surface area (TPSA) is 54.5 Å². The molecular formula is C26H36N2O4. The molecule has 5 aliphatic rings. The molecular weight excluding hydrogens is 404 g/mol. The molecule has 32 heavy (non-hydrogen) atoms. The van der Waals surface area contributed by atoms with Gasteiger partial charge in [-0.25, -0.2) is 0 Å². The Balaban J connectivity index is 1.13. The molecule has 0 radical (unpaired) electrons. The van der Waals surface area contributed by atoms with Gasteiger partial charge in [0.05, 0.1) is 19.1 Å². The van der Waals surface area contributed by atoms with Crippen LogP contribution < -0.4 is 9.64 Å². The van der Waals surface area contributed by atoms with Gasteiger partial charge < -0.3 is 19.1 Å². The molecule has 0 N–H and O–H groups in total. The highest BCUT2D eigenvalue weighted by Gasteiger charge is 2.78. The van der Waals surface area contributed by atoms with E-state index in [9.17, 15) is 4.79 Å². The van der Waals surface area contributed by atoms with Crippen LogP contribution in [0, 0.1) is 23.2 Å². The first kappa shape index (κ1) is 20.8. The van der Waals surface area contributed by atoms with Crippen molar-refractivity contribution in [2.75, 3.05) is 44.7 Å². The molecule has 5 fully saturated rings. The van der Waals surface area contributed by atoms with Crippen molar-refractivity contribution in [1.29, 1.82) is 0 Å². The van der Waals surface area contributed by atoms with E-state index in [-0.39, 0.29) is 41.0 Å². The number of carbonyl (C=O) groups is 1. The largest absolute Gasteiger partial charge is 0.497 e. The van der Waals surface area contributed by atoms with Gasteiger partial charge in [-0.15, -0.1) is 0 Å². The van der Waals surface area contributed by atoms with Crippen LogP contribution in [0.25, 0.3) is 0 Å². The fourth-order valence-electron chi connectivity index (χ4n) is 7.72. The quantitative estimate of drug-likeness (QED) is 0.529. The summed E-state index contributed by atoms with van der Waals surface area (Å²) in [6.07, 6.45) is 4.94. The second-order valence-corrected chi connectivity index (χ2v) is 11.0. The van der Waals surface area contributed by atoms with Crippen molar-refractivity contribution in [1.82, 2.24) is 4.90 Å². The molecule has 7 atom stereocenters. The zero-order valence-corrected chi connectivity index (χ0v) is 19.6. The number of fused-ring (bicyclic) bond motifs is 2. The summed E-state index contributed by atoms with van der Waals surface area (Å²) in [5.41, 5.74) is 1.35. The number of esters is 1. The van der Waals surface area contributed by atoms with Crippen molar-refractivity contribution in [3.63, 3.8) is 0 Å². The van der Waals surface area contributed by atoms with E-state index in [1.807, 2.05) is 12.1 Å². The summed E-state index contributed by atoms with van der Waals surface area (Å²) in [4.78, 5) is 17.9. The lowest BCUT2D eigenvalue weighted by atomic mass is 9.53. The SMILES string of the molecule is COc1cccc(N2CCN(C[C@H]3C(=O)O[C@@H]4C[C@@]5(C)CCC[C@H](C)[C@]56O[C@@H]6[C@@H]43)CC2)c1. The summed E-state index contributed by atoms with van der Waals surface area (Å²) in [5, 5.41) is 0. The number of ether oxygens (including phenoxy) is 3. The van der Waals surface area contributed by atoms with Crippen LogP contribution in [0.4, 0.5) is 5.69 Å². The third-order valence-electron chi connectivity index (χ3n) is 9.44. The number of hydrogen-bond donors (Lipinski definition) is 0.